The molecule has 0 aromatic heterocycles. The summed E-state index contributed by atoms with van der Waals surface area (Å²) >= 11 is 12.8. The highest BCUT2D eigenvalue weighted by Crippen LogP contribution is 2.45. The predicted molar refractivity (Wildman–Crippen MR) is 149 cm³/mol. The van der Waals surface area contributed by atoms with Gasteiger partial charge in [-0.2, -0.15) is 0 Å². The number of benzene rings is 3. The van der Waals surface area contributed by atoms with Crippen LogP contribution in [0.25, 0.3) is 10.4 Å². The maximum Gasteiger partial charge on any atom is 0.266 e. The van der Waals surface area contributed by atoms with Crippen molar-refractivity contribution < 1.29 is 19.4 Å². The van der Waals surface area contributed by atoms with Crippen LogP contribution in [-0.4, -0.2) is 42.7 Å². The summed E-state index contributed by atoms with van der Waals surface area (Å²) in [7, 11) is 1.57. The SMILES string of the molecule is CNNC(=O)[C@@]1(Cc2ccccc2N=[N+]=[N-])N=C(c2ccc(OCCCO)cc2)O[C@H]1c1ccc(Cl)cc1Cl. The zero-order valence-electron chi connectivity index (χ0n) is 21.0. The summed E-state index contributed by atoms with van der Waals surface area (Å²) in [6.45, 7) is 0.416. The zero-order valence-corrected chi connectivity index (χ0v) is 22.5. The number of ether oxygens (including phenoxy) is 2. The Bertz CT molecular complexity index is 1410. The molecule has 0 spiro atoms. The third-order valence-electron chi connectivity index (χ3n) is 6.12. The lowest BCUT2D eigenvalue weighted by Gasteiger charge is -2.31. The average Bonchev–Trinajstić information content (AvgIpc) is 3.31. The Labute approximate surface area is 235 Å². The third-order valence-corrected chi connectivity index (χ3v) is 6.68. The van der Waals surface area contributed by atoms with E-state index in [4.69, 9.17) is 48.3 Å². The van der Waals surface area contributed by atoms with Crippen LogP contribution in [0.3, 0.4) is 0 Å². The highest BCUT2D eigenvalue weighted by atomic mass is 35.5. The quantitative estimate of drug-likeness (QED) is 0.0927. The molecule has 0 unspecified atom stereocenters. The highest BCUT2D eigenvalue weighted by Gasteiger charge is 2.54. The van der Waals surface area contributed by atoms with Crippen molar-refractivity contribution in [3.8, 4) is 5.75 Å². The molecule has 1 heterocycles. The van der Waals surface area contributed by atoms with Gasteiger partial charge in [-0.15, -0.1) is 0 Å². The fourth-order valence-corrected chi connectivity index (χ4v) is 4.80. The average molecular weight is 569 g/mol. The molecular formula is C27H26Cl2N6O4. The van der Waals surface area contributed by atoms with E-state index in [1.165, 1.54) is 0 Å². The smallest absolute Gasteiger partial charge is 0.266 e. The summed E-state index contributed by atoms with van der Waals surface area (Å²) in [6, 6.07) is 19.0. The summed E-state index contributed by atoms with van der Waals surface area (Å²) in [4.78, 5) is 21.6. The first-order chi connectivity index (χ1) is 18.9. The Balaban J connectivity index is 1.84. The zero-order chi connectivity index (χ0) is 27.8. The minimum atomic E-state index is -1.55. The standard InChI is InChI=1S/C27H26Cl2N6O4/c1-31-34-26(37)27(16-18-5-2-3-6-23(18)33-35-30)24(21-12-9-19(28)15-22(21)29)39-25(32-27)17-7-10-20(11-8-17)38-14-4-13-36/h2-3,5-12,15,24,31,36H,4,13-14,16H2,1H3,(H,34,37)/t24-,27-/m0/s1. The molecule has 39 heavy (non-hydrogen) atoms. The molecule has 12 heteroatoms. The summed E-state index contributed by atoms with van der Waals surface area (Å²) in [5.74, 6) is 0.363. The van der Waals surface area contributed by atoms with Crippen LogP contribution in [0, 0.1) is 0 Å². The summed E-state index contributed by atoms with van der Waals surface area (Å²) in [5, 5.41) is 13.5. The molecule has 10 nitrogen and oxygen atoms in total. The number of aliphatic hydroxyl groups is 1. The number of nitrogens with zero attached hydrogens (tertiary/aromatic N) is 4. The first kappa shape index (κ1) is 28.2. The van der Waals surface area contributed by atoms with Crippen LogP contribution < -0.4 is 15.6 Å². The van der Waals surface area contributed by atoms with Gasteiger partial charge in [0.15, 0.2) is 11.6 Å². The lowest BCUT2D eigenvalue weighted by molar-refractivity contribution is -0.129. The van der Waals surface area contributed by atoms with Gasteiger partial charge in [-0.05, 0) is 47.5 Å². The monoisotopic (exact) mass is 568 g/mol. The van der Waals surface area contributed by atoms with Crippen LogP contribution in [0.15, 0.2) is 76.8 Å². The van der Waals surface area contributed by atoms with E-state index < -0.39 is 17.6 Å². The number of hydrogen-bond donors (Lipinski definition) is 3. The number of aliphatic hydroxyl groups excluding tert-OH is 1. The molecule has 2 atom stereocenters. The fourth-order valence-electron chi connectivity index (χ4n) is 4.29. The molecule has 1 amide bonds. The lowest BCUT2D eigenvalue weighted by atomic mass is 9.81. The Morgan fingerprint density at radius 1 is 1.21 bits per heavy atom. The van der Waals surface area contributed by atoms with Crippen molar-refractivity contribution in [2.24, 2.45) is 10.1 Å². The first-order valence-corrected chi connectivity index (χ1v) is 12.8. The van der Waals surface area contributed by atoms with Gasteiger partial charge >= 0.3 is 0 Å². The van der Waals surface area contributed by atoms with E-state index in [1.807, 2.05) is 0 Å². The van der Waals surface area contributed by atoms with Gasteiger partial charge in [-0.1, -0.05) is 58.6 Å². The van der Waals surface area contributed by atoms with Crippen molar-refractivity contribution in [3.63, 3.8) is 0 Å². The number of halogens is 2. The molecule has 3 N–H and O–H groups in total. The van der Waals surface area contributed by atoms with Crippen molar-refractivity contribution >= 4 is 40.7 Å². The molecule has 1 aliphatic rings. The van der Waals surface area contributed by atoms with Crippen LogP contribution in [0.4, 0.5) is 5.69 Å². The molecule has 3 aromatic carbocycles. The number of carbonyl (C=O) groups excluding carboxylic acids is 1. The van der Waals surface area contributed by atoms with Crippen LogP contribution in [0.1, 0.15) is 29.2 Å². The minimum absolute atomic E-state index is 0.0329. The molecule has 0 saturated carbocycles. The minimum Gasteiger partial charge on any atom is -0.494 e. The van der Waals surface area contributed by atoms with E-state index in [0.29, 0.717) is 51.2 Å². The number of amides is 1. The van der Waals surface area contributed by atoms with Gasteiger partial charge in [-0.25, -0.2) is 10.4 Å². The van der Waals surface area contributed by atoms with Gasteiger partial charge in [0.1, 0.15) is 5.75 Å². The second kappa shape index (κ2) is 12.8. The Morgan fingerprint density at radius 2 is 1.97 bits per heavy atom. The van der Waals surface area contributed by atoms with Crippen molar-refractivity contribution in [2.45, 2.75) is 24.5 Å². The molecule has 202 valence electrons. The van der Waals surface area contributed by atoms with Gasteiger partial charge in [0, 0.05) is 58.3 Å². The number of azide groups is 1. The largest absolute Gasteiger partial charge is 0.494 e. The fraction of sp³-hybridized carbons (Fsp3) is 0.259. The number of hydrogen-bond acceptors (Lipinski definition) is 7. The van der Waals surface area contributed by atoms with Crippen molar-refractivity contribution in [3.05, 3.63) is 104 Å². The van der Waals surface area contributed by atoms with Crippen LogP contribution in [0.5, 0.6) is 5.75 Å². The molecular weight excluding hydrogens is 543 g/mol. The number of aliphatic imine (C=N–C) groups is 1. The molecule has 0 saturated heterocycles. The second-order valence-electron chi connectivity index (χ2n) is 8.65. The van der Waals surface area contributed by atoms with E-state index in [9.17, 15) is 4.79 Å². The summed E-state index contributed by atoms with van der Waals surface area (Å²) < 4.78 is 12.0. The van der Waals surface area contributed by atoms with Gasteiger partial charge in [0.25, 0.3) is 5.91 Å². The van der Waals surface area contributed by atoms with Gasteiger partial charge in [0.2, 0.25) is 5.90 Å². The number of hydrazine groups is 1. The van der Waals surface area contributed by atoms with Crippen molar-refractivity contribution in [2.75, 3.05) is 20.3 Å². The Kier molecular flexibility index (Phi) is 9.29. The van der Waals surface area contributed by atoms with E-state index in [0.717, 1.165) is 0 Å². The van der Waals surface area contributed by atoms with Crippen LogP contribution >= 0.6 is 23.2 Å². The molecule has 3 aromatic rings. The maximum absolute atomic E-state index is 13.8. The first-order valence-electron chi connectivity index (χ1n) is 12.1. The van der Waals surface area contributed by atoms with Gasteiger partial charge in [-0.3, -0.25) is 10.2 Å². The molecule has 0 aliphatic carbocycles. The molecule has 0 radical (unpaired) electrons. The van der Waals surface area contributed by atoms with Gasteiger partial charge < -0.3 is 14.6 Å². The number of carbonyl (C=O) groups is 1. The maximum atomic E-state index is 13.8. The van der Waals surface area contributed by atoms with E-state index in [-0.39, 0.29) is 18.9 Å². The lowest BCUT2D eigenvalue weighted by Crippen LogP contribution is -2.53. The van der Waals surface area contributed by atoms with Crippen LogP contribution in [0.2, 0.25) is 10.0 Å². The van der Waals surface area contributed by atoms with Gasteiger partial charge in [0.05, 0.1) is 6.61 Å². The molecule has 0 fully saturated rings. The number of rotatable bonds is 11. The van der Waals surface area contributed by atoms with E-state index in [1.54, 1.807) is 73.8 Å². The second-order valence-corrected chi connectivity index (χ2v) is 9.50. The topological polar surface area (TPSA) is 141 Å². The third kappa shape index (κ3) is 6.27. The Morgan fingerprint density at radius 3 is 2.67 bits per heavy atom. The van der Waals surface area contributed by atoms with E-state index >= 15 is 0 Å². The predicted octanol–water partition coefficient (Wildman–Crippen LogP) is 5.45. The molecule has 1 aliphatic heterocycles. The van der Waals surface area contributed by atoms with Crippen molar-refractivity contribution in [1.82, 2.24) is 10.9 Å². The summed E-state index contributed by atoms with van der Waals surface area (Å²) in [6.07, 6.45) is -0.405. The van der Waals surface area contributed by atoms with E-state index in [2.05, 4.69) is 20.9 Å². The summed E-state index contributed by atoms with van der Waals surface area (Å²) in [5.41, 5.74) is 15.0. The van der Waals surface area contributed by atoms with Crippen molar-refractivity contribution in [1.29, 1.82) is 0 Å². The Hall–Kier alpha value is -3.79. The highest BCUT2D eigenvalue weighted by molar-refractivity contribution is 6.35. The van der Waals surface area contributed by atoms with Crippen LogP contribution in [-0.2, 0) is 16.0 Å². The molecule has 4 rings (SSSR count). The molecule has 0 bridgehead atoms. The number of nitrogens with one attached hydrogen (secondary N) is 2. The normalized spacial score (nSPS) is 18.1.